The first-order valence-corrected chi connectivity index (χ1v) is 8.40. The van der Waals surface area contributed by atoms with Gasteiger partial charge in [0.05, 0.1) is 19.0 Å². The standard InChI is InChI=1S/C18H21N7O2/c1-18(2,3)11-21-17(26)12-9-14(13-10-19-7-8-20-13)25(24-12)15-5-6-16(27-4)23-22-15/h5-10H,11H2,1-4H3,(H,21,26). The molecule has 3 aromatic rings. The van der Waals surface area contributed by atoms with Gasteiger partial charge >= 0.3 is 0 Å². The number of carbonyl (C=O) groups is 1. The normalized spacial score (nSPS) is 11.3. The van der Waals surface area contributed by atoms with Gasteiger partial charge in [-0.1, -0.05) is 20.8 Å². The number of methoxy groups -OCH3 is 1. The van der Waals surface area contributed by atoms with Crippen molar-refractivity contribution in [2.75, 3.05) is 13.7 Å². The van der Waals surface area contributed by atoms with E-state index in [1.165, 1.54) is 11.8 Å². The molecule has 140 valence electrons. The summed E-state index contributed by atoms with van der Waals surface area (Å²) in [7, 11) is 1.51. The van der Waals surface area contributed by atoms with Gasteiger partial charge in [0.2, 0.25) is 5.88 Å². The van der Waals surface area contributed by atoms with Crippen LogP contribution in [-0.2, 0) is 0 Å². The highest BCUT2D eigenvalue weighted by Gasteiger charge is 2.20. The fourth-order valence-corrected chi connectivity index (χ4v) is 2.25. The monoisotopic (exact) mass is 367 g/mol. The van der Waals surface area contributed by atoms with E-state index in [-0.39, 0.29) is 17.0 Å². The summed E-state index contributed by atoms with van der Waals surface area (Å²) in [6.45, 7) is 6.67. The number of ether oxygens (including phenoxy) is 1. The van der Waals surface area contributed by atoms with E-state index in [1.807, 2.05) is 20.8 Å². The van der Waals surface area contributed by atoms with Gasteiger partial charge in [0.1, 0.15) is 5.69 Å². The third kappa shape index (κ3) is 4.43. The van der Waals surface area contributed by atoms with Crippen LogP contribution in [0.25, 0.3) is 17.2 Å². The Bertz CT molecular complexity index is 915. The number of hydrogen-bond donors (Lipinski definition) is 1. The summed E-state index contributed by atoms with van der Waals surface area (Å²) < 4.78 is 6.55. The lowest BCUT2D eigenvalue weighted by molar-refractivity contribution is 0.0934. The number of hydrogen-bond acceptors (Lipinski definition) is 7. The second-order valence-corrected chi connectivity index (χ2v) is 7.09. The van der Waals surface area contributed by atoms with Crippen LogP contribution in [0.2, 0.25) is 0 Å². The van der Waals surface area contributed by atoms with Crippen LogP contribution in [0.4, 0.5) is 0 Å². The topological polar surface area (TPSA) is 108 Å². The molecule has 0 fully saturated rings. The first kappa shape index (κ1) is 18.4. The minimum atomic E-state index is -0.268. The Morgan fingerprint density at radius 3 is 2.63 bits per heavy atom. The molecule has 27 heavy (non-hydrogen) atoms. The van der Waals surface area contributed by atoms with Crippen LogP contribution in [0.5, 0.6) is 5.88 Å². The van der Waals surface area contributed by atoms with Crippen LogP contribution < -0.4 is 10.1 Å². The number of aromatic nitrogens is 6. The molecule has 0 aliphatic rings. The first-order chi connectivity index (χ1) is 12.9. The molecule has 3 aromatic heterocycles. The second kappa shape index (κ2) is 7.48. The highest BCUT2D eigenvalue weighted by atomic mass is 16.5. The molecule has 3 rings (SSSR count). The van der Waals surface area contributed by atoms with Crippen molar-refractivity contribution in [2.45, 2.75) is 20.8 Å². The molecular formula is C18H21N7O2. The van der Waals surface area contributed by atoms with Gasteiger partial charge < -0.3 is 10.1 Å². The molecule has 0 aromatic carbocycles. The number of carbonyl (C=O) groups excluding carboxylic acids is 1. The Balaban J connectivity index is 2.00. The maximum absolute atomic E-state index is 12.5. The summed E-state index contributed by atoms with van der Waals surface area (Å²) >= 11 is 0. The zero-order valence-electron chi connectivity index (χ0n) is 15.7. The lowest BCUT2D eigenvalue weighted by atomic mass is 9.97. The minimum absolute atomic E-state index is 0.0343. The van der Waals surface area contributed by atoms with E-state index in [9.17, 15) is 4.79 Å². The highest BCUT2D eigenvalue weighted by Crippen LogP contribution is 2.21. The maximum atomic E-state index is 12.5. The van der Waals surface area contributed by atoms with Gasteiger partial charge in [-0.25, -0.2) is 4.68 Å². The Kier molecular flexibility index (Phi) is 5.11. The summed E-state index contributed by atoms with van der Waals surface area (Å²) in [6.07, 6.45) is 4.75. The van der Waals surface area contributed by atoms with E-state index >= 15 is 0 Å². The zero-order valence-corrected chi connectivity index (χ0v) is 15.7. The van der Waals surface area contributed by atoms with Gasteiger partial charge in [0, 0.05) is 25.0 Å². The zero-order chi connectivity index (χ0) is 19.4. The summed E-state index contributed by atoms with van der Waals surface area (Å²) in [5, 5.41) is 15.4. The summed E-state index contributed by atoms with van der Waals surface area (Å²) in [6, 6.07) is 5.03. The van der Waals surface area contributed by atoms with Crippen molar-refractivity contribution in [3.8, 4) is 23.1 Å². The second-order valence-electron chi connectivity index (χ2n) is 7.09. The van der Waals surface area contributed by atoms with Crippen molar-refractivity contribution in [1.82, 2.24) is 35.3 Å². The Morgan fingerprint density at radius 2 is 2.04 bits per heavy atom. The lowest BCUT2D eigenvalue weighted by Crippen LogP contribution is -2.32. The molecule has 1 amide bonds. The quantitative estimate of drug-likeness (QED) is 0.734. The average molecular weight is 367 g/mol. The van der Waals surface area contributed by atoms with E-state index in [4.69, 9.17) is 4.74 Å². The fraction of sp³-hybridized carbons (Fsp3) is 0.333. The number of nitrogens with zero attached hydrogens (tertiary/aromatic N) is 6. The Hall–Kier alpha value is -3.36. The highest BCUT2D eigenvalue weighted by molar-refractivity contribution is 5.93. The predicted molar refractivity (Wildman–Crippen MR) is 98.5 cm³/mol. The van der Waals surface area contributed by atoms with Crippen molar-refractivity contribution < 1.29 is 9.53 Å². The van der Waals surface area contributed by atoms with E-state index in [0.29, 0.717) is 29.6 Å². The number of amides is 1. The van der Waals surface area contributed by atoms with E-state index in [2.05, 4.69) is 30.6 Å². The molecule has 0 atom stereocenters. The molecule has 3 heterocycles. The molecule has 0 unspecified atom stereocenters. The molecule has 0 bridgehead atoms. The van der Waals surface area contributed by atoms with Gasteiger partial charge in [-0.05, 0) is 17.5 Å². The summed E-state index contributed by atoms with van der Waals surface area (Å²) in [4.78, 5) is 20.9. The van der Waals surface area contributed by atoms with Crippen LogP contribution in [0, 0.1) is 5.41 Å². The third-order valence-electron chi connectivity index (χ3n) is 3.60. The van der Waals surface area contributed by atoms with E-state index in [1.54, 1.807) is 36.8 Å². The molecule has 0 saturated carbocycles. The molecule has 0 saturated heterocycles. The van der Waals surface area contributed by atoms with Crippen molar-refractivity contribution in [3.05, 3.63) is 42.5 Å². The molecule has 9 nitrogen and oxygen atoms in total. The van der Waals surface area contributed by atoms with Crippen LogP contribution in [0.3, 0.4) is 0 Å². The number of nitrogens with one attached hydrogen (secondary N) is 1. The average Bonchev–Trinajstić information content (AvgIpc) is 3.12. The van der Waals surface area contributed by atoms with Gasteiger partial charge in [-0.3, -0.25) is 14.8 Å². The van der Waals surface area contributed by atoms with Gasteiger partial charge in [-0.2, -0.15) is 5.10 Å². The van der Waals surface area contributed by atoms with Crippen LogP contribution in [0.1, 0.15) is 31.3 Å². The maximum Gasteiger partial charge on any atom is 0.271 e. The first-order valence-electron chi connectivity index (χ1n) is 8.40. The van der Waals surface area contributed by atoms with E-state index < -0.39 is 0 Å². The number of rotatable bonds is 5. The Morgan fingerprint density at radius 1 is 1.22 bits per heavy atom. The van der Waals surface area contributed by atoms with Gasteiger partial charge in [0.15, 0.2) is 11.5 Å². The van der Waals surface area contributed by atoms with Gasteiger partial charge in [0.25, 0.3) is 5.91 Å². The Labute approximate surface area is 156 Å². The summed E-state index contributed by atoms with van der Waals surface area (Å²) in [5.41, 5.74) is 1.38. The molecule has 9 heteroatoms. The minimum Gasteiger partial charge on any atom is -0.480 e. The van der Waals surface area contributed by atoms with Crippen molar-refractivity contribution in [2.24, 2.45) is 5.41 Å². The van der Waals surface area contributed by atoms with Crippen LogP contribution in [-0.4, -0.2) is 49.5 Å². The van der Waals surface area contributed by atoms with E-state index in [0.717, 1.165) is 0 Å². The van der Waals surface area contributed by atoms with Crippen molar-refractivity contribution in [1.29, 1.82) is 0 Å². The van der Waals surface area contributed by atoms with Crippen molar-refractivity contribution in [3.63, 3.8) is 0 Å². The molecule has 0 radical (unpaired) electrons. The fourth-order valence-electron chi connectivity index (χ4n) is 2.25. The van der Waals surface area contributed by atoms with Crippen molar-refractivity contribution >= 4 is 5.91 Å². The van der Waals surface area contributed by atoms with Crippen LogP contribution >= 0.6 is 0 Å². The van der Waals surface area contributed by atoms with Gasteiger partial charge in [-0.15, -0.1) is 10.2 Å². The molecular weight excluding hydrogens is 346 g/mol. The lowest BCUT2D eigenvalue weighted by Gasteiger charge is -2.18. The summed E-state index contributed by atoms with van der Waals surface area (Å²) in [5.74, 6) is 0.553. The molecule has 1 N–H and O–H groups in total. The molecule has 0 aliphatic heterocycles. The third-order valence-corrected chi connectivity index (χ3v) is 3.60. The predicted octanol–water partition coefficient (Wildman–Crippen LogP) is 1.90. The SMILES string of the molecule is COc1ccc(-n2nc(C(=O)NCC(C)(C)C)cc2-c2cnccn2)nn1. The molecule has 0 spiro atoms. The largest absolute Gasteiger partial charge is 0.480 e. The molecule has 0 aliphatic carbocycles. The van der Waals surface area contributed by atoms with Crippen LogP contribution in [0.15, 0.2) is 36.8 Å². The smallest absolute Gasteiger partial charge is 0.271 e.